The summed E-state index contributed by atoms with van der Waals surface area (Å²) in [5, 5.41) is 5.84. The third kappa shape index (κ3) is 6.43. The Morgan fingerprint density at radius 2 is 1.80 bits per heavy atom. The maximum Gasteiger partial charge on any atom is 0.257 e. The Kier molecular flexibility index (Phi) is 7.50. The number of rotatable bonds is 9. The average molecular weight is 280 g/mol. The molecule has 0 aliphatic rings. The molecule has 0 spiro atoms. The molecule has 0 fully saturated rings. The summed E-state index contributed by atoms with van der Waals surface area (Å²) in [4.78, 5) is 11.6. The number of amides is 1. The topological polar surface area (TPSA) is 59.6 Å². The molecule has 1 aromatic carbocycles. The molecule has 1 unspecified atom stereocenters. The summed E-state index contributed by atoms with van der Waals surface area (Å²) in [7, 11) is 1.86. The van der Waals surface area contributed by atoms with Gasteiger partial charge in [0.2, 0.25) is 0 Å². The van der Waals surface area contributed by atoms with Gasteiger partial charge in [-0.15, -0.1) is 0 Å². The largest absolute Gasteiger partial charge is 0.494 e. The summed E-state index contributed by atoms with van der Waals surface area (Å²) in [6.45, 7) is 5.36. The third-order valence-corrected chi connectivity index (χ3v) is 2.76. The highest BCUT2D eigenvalue weighted by Gasteiger charge is 2.05. The van der Waals surface area contributed by atoms with Gasteiger partial charge in [0.05, 0.1) is 6.61 Å². The molecule has 1 aromatic rings. The van der Waals surface area contributed by atoms with Gasteiger partial charge in [-0.05, 0) is 44.7 Å². The van der Waals surface area contributed by atoms with Crippen molar-refractivity contribution in [3.05, 3.63) is 24.3 Å². The average Bonchev–Trinajstić information content (AvgIpc) is 2.49. The number of ether oxygens (including phenoxy) is 2. The predicted molar refractivity (Wildman–Crippen MR) is 79.3 cm³/mol. The van der Waals surface area contributed by atoms with Crippen LogP contribution in [0, 0.1) is 0 Å². The van der Waals surface area contributed by atoms with Gasteiger partial charge in [-0.3, -0.25) is 4.79 Å². The Bertz CT molecular complexity index is 393. The second-order valence-electron chi connectivity index (χ2n) is 4.60. The summed E-state index contributed by atoms with van der Waals surface area (Å²) < 4.78 is 10.9. The van der Waals surface area contributed by atoms with Crippen molar-refractivity contribution in [3.63, 3.8) is 0 Å². The standard InChI is InChI=1S/C15H24N2O3/c1-4-9-19-13-5-7-14(8-6-13)20-11-15(18)17-10-12(2)16-3/h5-8,12,16H,4,9-11H2,1-3H3,(H,17,18). The van der Waals surface area contributed by atoms with E-state index in [1.165, 1.54) is 0 Å². The minimum atomic E-state index is -0.126. The van der Waals surface area contributed by atoms with Crippen LogP contribution >= 0.6 is 0 Å². The van der Waals surface area contributed by atoms with Crippen molar-refractivity contribution in [2.75, 3.05) is 26.8 Å². The van der Waals surface area contributed by atoms with Crippen molar-refractivity contribution in [3.8, 4) is 11.5 Å². The number of nitrogens with one attached hydrogen (secondary N) is 2. The maximum atomic E-state index is 11.6. The van der Waals surface area contributed by atoms with Crippen LogP contribution in [0.4, 0.5) is 0 Å². The van der Waals surface area contributed by atoms with Gasteiger partial charge in [0.1, 0.15) is 11.5 Å². The lowest BCUT2D eigenvalue weighted by molar-refractivity contribution is -0.123. The molecule has 0 saturated carbocycles. The van der Waals surface area contributed by atoms with E-state index in [1.54, 1.807) is 12.1 Å². The second-order valence-corrected chi connectivity index (χ2v) is 4.60. The van der Waals surface area contributed by atoms with Gasteiger partial charge in [-0.1, -0.05) is 6.92 Å². The number of benzene rings is 1. The van der Waals surface area contributed by atoms with Gasteiger partial charge in [0.15, 0.2) is 6.61 Å². The van der Waals surface area contributed by atoms with Gasteiger partial charge in [-0.2, -0.15) is 0 Å². The second kappa shape index (κ2) is 9.20. The minimum Gasteiger partial charge on any atom is -0.494 e. The zero-order valence-electron chi connectivity index (χ0n) is 12.4. The highest BCUT2D eigenvalue weighted by Crippen LogP contribution is 2.17. The molecule has 0 radical (unpaired) electrons. The number of carbonyl (C=O) groups excluding carboxylic acids is 1. The smallest absolute Gasteiger partial charge is 0.257 e. The molecule has 5 heteroatoms. The molecule has 20 heavy (non-hydrogen) atoms. The number of hydrogen-bond acceptors (Lipinski definition) is 4. The molecule has 5 nitrogen and oxygen atoms in total. The Morgan fingerprint density at radius 3 is 2.35 bits per heavy atom. The van der Waals surface area contributed by atoms with E-state index in [9.17, 15) is 4.79 Å². The maximum absolute atomic E-state index is 11.6. The summed E-state index contributed by atoms with van der Waals surface area (Å²) >= 11 is 0. The van der Waals surface area contributed by atoms with Crippen molar-refractivity contribution >= 4 is 5.91 Å². The summed E-state index contributed by atoms with van der Waals surface area (Å²) in [5.41, 5.74) is 0. The fraction of sp³-hybridized carbons (Fsp3) is 0.533. The predicted octanol–water partition coefficient (Wildman–Crippen LogP) is 1.58. The van der Waals surface area contributed by atoms with E-state index in [4.69, 9.17) is 9.47 Å². The molecule has 1 amide bonds. The third-order valence-electron chi connectivity index (χ3n) is 2.76. The summed E-state index contributed by atoms with van der Waals surface area (Å²) in [6.07, 6.45) is 0.976. The van der Waals surface area contributed by atoms with Crippen LogP contribution in [-0.2, 0) is 4.79 Å². The van der Waals surface area contributed by atoms with Crippen molar-refractivity contribution in [1.29, 1.82) is 0 Å². The normalized spacial score (nSPS) is 11.8. The van der Waals surface area contributed by atoms with E-state index in [2.05, 4.69) is 17.6 Å². The van der Waals surface area contributed by atoms with Crippen LogP contribution in [0.25, 0.3) is 0 Å². The molecule has 0 aliphatic heterocycles. The highest BCUT2D eigenvalue weighted by molar-refractivity contribution is 5.77. The Morgan fingerprint density at radius 1 is 1.20 bits per heavy atom. The van der Waals surface area contributed by atoms with E-state index in [0.717, 1.165) is 12.2 Å². The first-order valence-electron chi connectivity index (χ1n) is 6.95. The fourth-order valence-corrected chi connectivity index (χ4v) is 1.42. The molecule has 1 rings (SSSR count). The first-order valence-corrected chi connectivity index (χ1v) is 6.95. The van der Waals surface area contributed by atoms with E-state index < -0.39 is 0 Å². The van der Waals surface area contributed by atoms with Gasteiger partial charge < -0.3 is 20.1 Å². The van der Waals surface area contributed by atoms with Gasteiger partial charge in [0.25, 0.3) is 5.91 Å². The minimum absolute atomic E-state index is 0.0194. The fourth-order valence-electron chi connectivity index (χ4n) is 1.42. The van der Waals surface area contributed by atoms with Crippen LogP contribution in [0.3, 0.4) is 0 Å². The van der Waals surface area contributed by atoms with Crippen molar-refractivity contribution in [2.45, 2.75) is 26.3 Å². The van der Waals surface area contributed by atoms with E-state index >= 15 is 0 Å². The Labute approximate surface area is 120 Å². The lowest BCUT2D eigenvalue weighted by Gasteiger charge is -2.12. The first-order chi connectivity index (χ1) is 9.65. The van der Waals surface area contributed by atoms with Crippen molar-refractivity contribution in [2.24, 2.45) is 0 Å². The van der Waals surface area contributed by atoms with E-state index in [1.807, 2.05) is 26.1 Å². The molecule has 0 saturated heterocycles. The molecule has 0 aromatic heterocycles. The quantitative estimate of drug-likeness (QED) is 0.721. The van der Waals surface area contributed by atoms with E-state index in [0.29, 0.717) is 18.9 Å². The van der Waals surface area contributed by atoms with Gasteiger partial charge in [-0.25, -0.2) is 0 Å². The van der Waals surface area contributed by atoms with Crippen LogP contribution in [0.2, 0.25) is 0 Å². The molecule has 0 heterocycles. The van der Waals surface area contributed by atoms with Crippen LogP contribution in [-0.4, -0.2) is 38.8 Å². The van der Waals surface area contributed by atoms with Crippen LogP contribution in [0.15, 0.2) is 24.3 Å². The molecular weight excluding hydrogens is 256 g/mol. The summed E-state index contributed by atoms with van der Waals surface area (Å²) in [6, 6.07) is 7.52. The lowest BCUT2D eigenvalue weighted by atomic mass is 10.3. The molecular formula is C15H24N2O3. The lowest BCUT2D eigenvalue weighted by Crippen LogP contribution is -2.39. The van der Waals surface area contributed by atoms with Crippen LogP contribution in [0.1, 0.15) is 20.3 Å². The Hall–Kier alpha value is -1.75. The summed E-state index contributed by atoms with van der Waals surface area (Å²) in [5.74, 6) is 1.34. The van der Waals surface area contributed by atoms with Gasteiger partial charge in [0, 0.05) is 12.6 Å². The number of hydrogen-bond donors (Lipinski definition) is 2. The molecule has 0 aliphatic carbocycles. The molecule has 2 N–H and O–H groups in total. The van der Waals surface area contributed by atoms with Crippen molar-refractivity contribution < 1.29 is 14.3 Å². The first kappa shape index (κ1) is 16.3. The molecule has 112 valence electrons. The zero-order chi connectivity index (χ0) is 14.8. The van der Waals surface area contributed by atoms with E-state index in [-0.39, 0.29) is 18.6 Å². The van der Waals surface area contributed by atoms with Crippen LogP contribution < -0.4 is 20.1 Å². The zero-order valence-corrected chi connectivity index (χ0v) is 12.4. The highest BCUT2D eigenvalue weighted by atomic mass is 16.5. The van der Waals surface area contributed by atoms with Crippen LogP contribution in [0.5, 0.6) is 11.5 Å². The number of carbonyl (C=O) groups is 1. The molecule has 1 atom stereocenters. The Balaban J connectivity index is 2.29. The van der Waals surface area contributed by atoms with Gasteiger partial charge >= 0.3 is 0 Å². The van der Waals surface area contributed by atoms with Crippen molar-refractivity contribution in [1.82, 2.24) is 10.6 Å². The molecule has 0 bridgehead atoms. The SMILES string of the molecule is CCCOc1ccc(OCC(=O)NCC(C)NC)cc1. The monoisotopic (exact) mass is 280 g/mol. The number of likely N-dealkylation sites (N-methyl/N-ethyl adjacent to an activating group) is 1.